The third-order valence-corrected chi connectivity index (χ3v) is 4.95. The van der Waals surface area contributed by atoms with Gasteiger partial charge < -0.3 is 19.7 Å². The molecule has 1 N–H and O–H groups in total. The van der Waals surface area contributed by atoms with E-state index in [0.29, 0.717) is 39.1 Å². The molecule has 0 bridgehead atoms. The summed E-state index contributed by atoms with van der Waals surface area (Å²) in [5.74, 6) is 1.26. The number of benzene rings is 2. The Morgan fingerprint density at radius 2 is 1.76 bits per heavy atom. The largest absolute Gasteiger partial charge is 0.486 e. The predicted octanol–water partition coefficient (Wildman–Crippen LogP) is 2.94. The summed E-state index contributed by atoms with van der Waals surface area (Å²) < 4.78 is 11.2. The third-order valence-electron chi connectivity index (χ3n) is 4.95. The lowest BCUT2D eigenvalue weighted by Crippen LogP contribution is -2.47. The molecular weight excluding hydrogens is 368 g/mol. The fourth-order valence-electron chi connectivity index (χ4n) is 3.32. The molecule has 0 radical (unpaired) electrons. The number of carbonyl (C=O) groups is 2. The topological polar surface area (TPSA) is 67.9 Å². The van der Waals surface area contributed by atoms with Crippen molar-refractivity contribution in [1.82, 2.24) is 10.2 Å². The minimum Gasteiger partial charge on any atom is -0.486 e. The summed E-state index contributed by atoms with van der Waals surface area (Å²) >= 11 is 0. The molecule has 1 aliphatic heterocycles. The van der Waals surface area contributed by atoms with Crippen molar-refractivity contribution in [3.63, 3.8) is 0 Å². The van der Waals surface area contributed by atoms with E-state index in [0.717, 1.165) is 22.6 Å². The van der Waals surface area contributed by atoms with Gasteiger partial charge in [0.05, 0.1) is 0 Å². The molecule has 2 aromatic rings. The van der Waals surface area contributed by atoms with Crippen LogP contribution in [0.2, 0.25) is 0 Å². The highest BCUT2D eigenvalue weighted by atomic mass is 16.6. The number of likely N-dealkylation sites (N-methyl/N-ethyl adjacent to an activating group) is 1. The van der Waals surface area contributed by atoms with Gasteiger partial charge in [0.1, 0.15) is 19.3 Å². The van der Waals surface area contributed by atoms with Gasteiger partial charge in [0, 0.05) is 19.5 Å². The van der Waals surface area contributed by atoms with Gasteiger partial charge in [0.15, 0.2) is 11.5 Å². The molecular formula is C23H28N2O4. The van der Waals surface area contributed by atoms with Gasteiger partial charge in [-0.1, -0.05) is 36.4 Å². The smallest absolute Gasteiger partial charge is 0.242 e. The van der Waals surface area contributed by atoms with Gasteiger partial charge in [-0.05, 0) is 43.5 Å². The number of amides is 2. The molecule has 2 amide bonds. The van der Waals surface area contributed by atoms with Crippen LogP contribution in [0.1, 0.15) is 31.4 Å². The second-order valence-electron chi connectivity index (χ2n) is 7.06. The van der Waals surface area contributed by atoms with Crippen LogP contribution in [-0.4, -0.2) is 42.5 Å². The molecule has 0 aromatic heterocycles. The molecule has 0 fully saturated rings. The van der Waals surface area contributed by atoms with E-state index in [9.17, 15) is 9.59 Å². The first-order valence-corrected chi connectivity index (χ1v) is 10.1. The summed E-state index contributed by atoms with van der Waals surface area (Å²) in [7, 11) is 0. The average Bonchev–Trinajstić information content (AvgIpc) is 2.76. The average molecular weight is 396 g/mol. The Labute approximate surface area is 171 Å². The predicted molar refractivity (Wildman–Crippen MR) is 111 cm³/mol. The summed E-state index contributed by atoms with van der Waals surface area (Å²) in [6.45, 7) is 5.67. The molecule has 6 heteroatoms. The van der Waals surface area contributed by atoms with E-state index in [1.807, 2.05) is 55.5 Å². The summed E-state index contributed by atoms with van der Waals surface area (Å²) in [5.41, 5.74) is 2.00. The molecule has 1 atom stereocenters. The zero-order valence-corrected chi connectivity index (χ0v) is 17.0. The van der Waals surface area contributed by atoms with Gasteiger partial charge in [0.25, 0.3) is 0 Å². The van der Waals surface area contributed by atoms with Crippen molar-refractivity contribution in [2.45, 2.75) is 39.3 Å². The first kappa shape index (κ1) is 20.7. The minimum absolute atomic E-state index is 0.0532. The van der Waals surface area contributed by atoms with Crippen LogP contribution in [0.15, 0.2) is 48.5 Å². The molecule has 2 aromatic carbocycles. The van der Waals surface area contributed by atoms with Crippen molar-refractivity contribution in [3.05, 3.63) is 59.7 Å². The number of nitrogens with one attached hydrogen (secondary N) is 1. The zero-order valence-electron chi connectivity index (χ0n) is 17.0. The SMILES string of the molecule is CCNC(=O)[C@H](C)N(Cc1ccccc1)C(=O)CCc1ccc2c(c1)OCCO2. The maximum atomic E-state index is 13.0. The summed E-state index contributed by atoms with van der Waals surface area (Å²) in [6.07, 6.45) is 0.888. The molecule has 0 spiro atoms. The van der Waals surface area contributed by atoms with Crippen molar-refractivity contribution in [2.24, 2.45) is 0 Å². The molecule has 154 valence electrons. The highest BCUT2D eigenvalue weighted by Crippen LogP contribution is 2.31. The number of aryl methyl sites for hydroxylation is 1. The quantitative estimate of drug-likeness (QED) is 0.745. The van der Waals surface area contributed by atoms with Crippen molar-refractivity contribution < 1.29 is 19.1 Å². The van der Waals surface area contributed by atoms with E-state index in [1.165, 1.54) is 0 Å². The number of hydrogen-bond donors (Lipinski definition) is 1. The van der Waals surface area contributed by atoms with Crippen molar-refractivity contribution >= 4 is 11.8 Å². The van der Waals surface area contributed by atoms with Crippen molar-refractivity contribution in [1.29, 1.82) is 0 Å². The molecule has 29 heavy (non-hydrogen) atoms. The maximum absolute atomic E-state index is 13.0. The second-order valence-corrected chi connectivity index (χ2v) is 7.06. The van der Waals surface area contributed by atoms with Crippen molar-refractivity contribution in [3.8, 4) is 11.5 Å². The lowest BCUT2D eigenvalue weighted by molar-refractivity contribution is -0.140. The Morgan fingerprint density at radius 1 is 1.03 bits per heavy atom. The summed E-state index contributed by atoms with van der Waals surface area (Å²) in [6, 6.07) is 15.0. The van der Waals surface area contributed by atoms with E-state index < -0.39 is 6.04 Å². The van der Waals surface area contributed by atoms with Gasteiger partial charge in [-0.25, -0.2) is 0 Å². The number of fused-ring (bicyclic) bond motifs is 1. The Bertz CT molecular complexity index is 838. The highest BCUT2D eigenvalue weighted by Gasteiger charge is 2.25. The number of ether oxygens (including phenoxy) is 2. The second kappa shape index (κ2) is 9.96. The van der Waals surface area contributed by atoms with Gasteiger partial charge in [0.2, 0.25) is 11.8 Å². The first-order chi connectivity index (χ1) is 14.1. The molecule has 0 saturated carbocycles. The third kappa shape index (κ3) is 5.50. The van der Waals surface area contributed by atoms with E-state index >= 15 is 0 Å². The zero-order chi connectivity index (χ0) is 20.6. The van der Waals surface area contributed by atoms with Crippen LogP contribution < -0.4 is 14.8 Å². The molecule has 3 rings (SSSR count). The Morgan fingerprint density at radius 3 is 2.48 bits per heavy atom. The molecule has 1 heterocycles. The van der Waals surface area contributed by atoms with Crippen LogP contribution in [-0.2, 0) is 22.6 Å². The lowest BCUT2D eigenvalue weighted by Gasteiger charge is -2.29. The highest BCUT2D eigenvalue weighted by molar-refractivity contribution is 5.87. The fourth-order valence-corrected chi connectivity index (χ4v) is 3.32. The summed E-state index contributed by atoms with van der Waals surface area (Å²) in [5, 5.41) is 2.81. The standard InChI is InChI=1S/C23H28N2O4/c1-3-24-23(27)17(2)25(16-19-7-5-4-6-8-19)22(26)12-10-18-9-11-20-21(15-18)29-14-13-28-20/h4-9,11,15,17H,3,10,12-14,16H2,1-2H3,(H,24,27)/t17-/m0/s1. The number of hydrogen-bond acceptors (Lipinski definition) is 4. The number of nitrogens with zero attached hydrogens (tertiary/aromatic N) is 1. The van der Waals surface area contributed by atoms with Crippen LogP contribution in [0.5, 0.6) is 11.5 Å². The van der Waals surface area contributed by atoms with E-state index in [1.54, 1.807) is 11.8 Å². The Balaban J connectivity index is 1.69. The number of rotatable bonds is 8. The minimum atomic E-state index is -0.539. The van der Waals surface area contributed by atoms with Crippen LogP contribution in [0.25, 0.3) is 0 Å². The molecule has 6 nitrogen and oxygen atoms in total. The molecule has 0 saturated heterocycles. The van der Waals surface area contributed by atoms with Gasteiger partial charge in [-0.3, -0.25) is 9.59 Å². The van der Waals surface area contributed by atoms with Crippen LogP contribution >= 0.6 is 0 Å². The van der Waals surface area contributed by atoms with Crippen LogP contribution in [0, 0.1) is 0 Å². The van der Waals surface area contributed by atoms with E-state index in [-0.39, 0.29) is 11.8 Å². The lowest BCUT2D eigenvalue weighted by atomic mass is 10.1. The van der Waals surface area contributed by atoms with Crippen LogP contribution in [0.3, 0.4) is 0 Å². The summed E-state index contributed by atoms with van der Waals surface area (Å²) in [4.78, 5) is 27.1. The Kier molecular flexibility index (Phi) is 7.11. The van der Waals surface area contributed by atoms with E-state index in [4.69, 9.17) is 9.47 Å². The first-order valence-electron chi connectivity index (χ1n) is 10.1. The van der Waals surface area contributed by atoms with Gasteiger partial charge >= 0.3 is 0 Å². The maximum Gasteiger partial charge on any atom is 0.242 e. The molecule has 0 aliphatic carbocycles. The normalized spacial score (nSPS) is 13.4. The fraction of sp³-hybridized carbons (Fsp3) is 0.391. The Hall–Kier alpha value is -3.02. The van der Waals surface area contributed by atoms with Crippen LogP contribution in [0.4, 0.5) is 0 Å². The molecule has 0 unspecified atom stereocenters. The molecule has 1 aliphatic rings. The van der Waals surface area contributed by atoms with E-state index in [2.05, 4.69) is 5.32 Å². The van der Waals surface area contributed by atoms with Gasteiger partial charge in [-0.2, -0.15) is 0 Å². The monoisotopic (exact) mass is 396 g/mol. The number of carbonyl (C=O) groups excluding carboxylic acids is 2. The van der Waals surface area contributed by atoms with Crippen molar-refractivity contribution in [2.75, 3.05) is 19.8 Å². The van der Waals surface area contributed by atoms with Gasteiger partial charge in [-0.15, -0.1) is 0 Å².